The number of nitriles is 1. The van der Waals surface area contributed by atoms with Gasteiger partial charge in [-0.2, -0.15) is 9.98 Å². The third-order valence-corrected chi connectivity index (χ3v) is 3.72. The quantitative estimate of drug-likeness (QED) is 0.657. The SMILES string of the molecule is N#Cc1cccc(S(=O)(=O)N[C@@H](CC(=O)O)C(=O)O)c1. The number of hydrogen-bond donors (Lipinski definition) is 3. The van der Waals surface area contributed by atoms with Crippen LogP contribution in [0.15, 0.2) is 29.2 Å². The molecule has 3 N–H and O–H groups in total. The molecule has 0 fully saturated rings. The van der Waals surface area contributed by atoms with Crippen LogP contribution in [0, 0.1) is 11.3 Å². The fourth-order valence-electron chi connectivity index (χ4n) is 1.34. The first-order chi connectivity index (χ1) is 9.26. The molecule has 0 saturated heterocycles. The van der Waals surface area contributed by atoms with Gasteiger partial charge in [0.1, 0.15) is 6.04 Å². The molecule has 8 nitrogen and oxygen atoms in total. The number of sulfonamides is 1. The number of carbonyl (C=O) groups is 2. The van der Waals surface area contributed by atoms with Crippen LogP contribution in [0.4, 0.5) is 0 Å². The molecule has 9 heteroatoms. The maximum absolute atomic E-state index is 11.9. The minimum Gasteiger partial charge on any atom is -0.481 e. The van der Waals surface area contributed by atoms with Crippen LogP contribution in [0.25, 0.3) is 0 Å². The average molecular weight is 298 g/mol. The van der Waals surface area contributed by atoms with Crippen LogP contribution in [0.1, 0.15) is 12.0 Å². The van der Waals surface area contributed by atoms with Gasteiger partial charge in [-0.1, -0.05) is 6.07 Å². The van der Waals surface area contributed by atoms with Crippen molar-refractivity contribution in [1.82, 2.24) is 4.72 Å². The number of carboxylic acid groups (broad SMARTS) is 2. The standard InChI is InChI=1S/C11H10N2O6S/c12-6-7-2-1-3-8(4-7)20(18,19)13-9(11(16)17)5-10(14)15/h1-4,9,13H,5H2,(H,14,15)(H,16,17)/t9-/m0/s1. The van der Waals surface area contributed by atoms with Crippen LogP contribution in [0.2, 0.25) is 0 Å². The molecule has 0 bridgehead atoms. The van der Waals surface area contributed by atoms with Gasteiger partial charge in [-0.05, 0) is 18.2 Å². The maximum Gasteiger partial charge on any atom is 0.322 e. The second-order valence-electron chi connectivity index (χ2n) is 3.75. The van der Waals surface area contributed by atoms with Crippen molar-refractivity contribution in [1.29, 1.82) is 5.26 Å². The smallest absolute Gasteiger partial charge is 0.322 e. The Balaban J connectivity index is 3.06. The van der Waals surface area contributed by atoms with E-state index in [1.807, 2.05) is 0 Å². The number of nitrogens with one attached hydrogen (secondary N) is 1. The molecule has 1 rings (SSSR count). The minimum absolute atomic E-state index is 0.0815. The van der Waals surface area contributed by atoms with E-state index in [1.54, 1.807) is 10.8 Å². The first-order valence-electron chi connectivity index (χ1n) is 5.23. The molecule has 0 aliphatic rings. The van der Waals surface area contributed by atoms with Crippen molar-refractivity contribution >= 4 is 22.0 Å². The summed E-state index contributed by atoms with van der Waals surface area (Å²) in [5.41, 5.74) is 0.0815. The Bertz CT molecular complexity index is 676. The van der Waals surface area contributed by atoms with Gasteiger partial charge >= 0.3 is 11.9 Å². The molecule has 0 spiro atoms. The second kappa shape index (κ2) is 6.14. The number of benzene rings is 1. The lowest BCUT2D eigenvalue weighted by molar-refractivity contribution is -0.145. The number of rotatable bonds is 6. The van der Waals surface area contributed by atoms with E-state index in [1.165, 1.54) is 18.2 Å². The first-order valence-corrected chi connectivity index (χ1v) is 6.71. The minimum atomic E-state index is -4.23. The molecule has 0 aliphatic heterocycles. The van der Waals surface area contributed by atoms with Gasteiger partial charge in [0.05, 0.1) is 22.9 Å². The van der Waals surface area contributed by atoms with E-state index in [4.69, 9.17) is 15.5 Å². The summed E-state index contributed by atoms with van der Waals surface area (Å²) >= 11 is 0. The summed E-state index contributed by atoms with van der Waals surface area (Å²) in [6.45, 7) is 0. The first kappa shape index (κ1) is 15.6. The van der Waals surface area contributed by atoms with E-state index in [-0.39, 0.29) is 10.5 Å². The summed E-state index contributed by atoms with van der Waals surface area (Å²) in [5, 5.41) is 26.0. The molecule has 1 aromatic carbocycles. The van der Waals surface area contributed by atoms with Crippen molar-refractivity contribution in [3.8, 4) is 6.07 Å². The average Bonchev–Trinajstić information content (AvgIpc) is 2.37. The van der Waals surface area contributed by atoms with Gasteiger partial charge < -0.3 is 10.2 Å². The number of nitrogens with zero attached hydrogens (tertiary/aromatic N) is 1. The van der Waals surface area contributed by atoms with E-state index in [2.05, 4.69) is 0 Å². The lowest BCUT2D eigenvalue weighted by atomic mass is 10.2. The summed E-state index contributed by atoms with van der Waals surface area (Å²) < 4.78 is 25.6. The molecular formula is C11H10N2O6S. The highest BCUT2D eigenvalue weighted by molar-refractivity contribution is 7.89. The van der Waals surface area contributed by atoms with Crippen LogP contribution in [0.3, 0.4) is 0 Å². The number of aliphatic carboxylic acids is 2. The molecule has 1 aromatic rings. The van der Waals surface area contributed by atoms with Crippen molar-refractivity contribution in [2.45, 2.75) is 17.4 Å². The third-order valence-electron chi connectivity index (χ3n) is 2.25. The molecule has 106 valence electrons. The molecule has 0 radical (unpaired) electrons. The molecule has 0 aromatic heterocycles. The molecule has 0 saturated carbocycles. The van der Waals surface area contributed by atoms with Gasteiger partial charge in [-0.25, -0.2) is 8.42 Å². The number of hydrogen-bond acceptors (Lipinski definition) is 5. The molecule has 0 unspecified atom stereocenters. The molecule has 0 aliphatic carbocycles. The molecule has 0 heterocycles. The topological polar surface area (TPSA) is 145 Å². The predicted octanol–water partition coefficient (Wildman–Crippen LogP) is -0.236. The van der Waals surface area contributed by atoms with Crippen molar-refractivity contribution < 1.29 is 28.2 Å². The molecular weight excluding hydrogens is 288 g/mol. The summed E-state index contributed by atoms with van der Waals surface area (Å²) in [7, 11) is -4.23. The Labute approximate surface area is 114 Å². The zero-order valence-corrected chi connectivity index (χ0v) is 10.8. The van der Waals surface area contributed by atoms with Gasteiger partial charge in [-0.3, -0.25) is 9.59 Å². The fraction of sp³-hybridized carbons (Fsp3) is 0.182. The van der Waals surface area contributed by atoms with Gasteiger partial charge in [0.15, 0.2) is 0 Å². The van der Waals surface area contributed by atoms with Crippen LogP contribution in [0.5, 0.6) is 0 Å². The van der Waals surface area contributed by atoms with Crippen molar-refractivity contribution in [2.75, 3.05) is 0 Å². The Morgan fingerprint density at radius 3 is 2.50 bits per heavy atom. The molecule has 0 amide bonds. The van der Waals surface area contributed by atoms with E-state index < -0.39 is 34.4 Å². The highest BCUT2D eigenvalue weighted by Crippen LogP contribution is 2.12. The van der Waals surface area contributed by atoms with Crippen LogP contribution >= 0.6 is 0 Å². The van der Waals surface area contributed by atoms with Gasteiger partial charge in [0, 0.05) is 0 Å². The lowest BCUT2D eigenvalue weighted by Crippen LogP contribution is -2.42. The lowest BCUT2D eigenvalue weighted by Gasteiger charge is -2.12. The normalized spacial score (nSPS) is 12.3. The van der Waals surface area contributed by atoms with Crippen molar-refractivity contribution in [3.63, 3.8) is 0 Å². The summed E-state index contributed by atoms with van der Waals surface area (Å²) in [6.07, 6.45) is -0.896. The monoisotopic (exact) mass is 298 g/mol. The zero-order valence-electron chi connectivity index (χ0n) is 9.98. The summed E-state index contributed by atoms with van der Waals surface area (Å²) in [6, 6.07) is 4.88. The highest BCUT2D eigenvalue weighted by Gasteiger charge is 2.27. The summed E-state index contributed by atoms with van der Waals surface area (Å²) in [5.74, 6) is -3.06. The van der Waals surface area contributed by atoms with Crippen LogP contribution in [-0.4, -0.2) is 36.6 Å². The molecule has 20 heavy (non-hydrogen) atoms. The third kappa shape index (κ3) is 4.04. The van der Waals surface area contributed by atoms with Crippen molar-refractivity contribution in [2.24, 2.45) is 0 Å². The Hall–Kier alpha value is -2.44. The predicted molar refractivity (Wildman–Crippen MR) is 65.2 cm³/mol. The maximum atomic E-state index is 11.9. The Kier molecular flexibility index (Phi) is 4.79. The largest absolute Gasteiger partial charge is 0.481 e. The van der Waals surface area contributed by atoms with Crippen LogP contribution < -0.4 is 4.72 Å². The van der Waals surface area contributed by atoms with E-state index >= 15 is 0 Å². The molecule has 1 atom stereocenters. The number of carboxylic acids is 2. The Morgan fingerprint density at radius 2 is 2.00 bits per heavy atom. The van der Waals surface area contributed by atoms with E-state index in [9.17, 15) is 18.0 Å². The second-order valence-corrected chi connectivity index (χ2v) is 5.46. The van der Waals surface area contributed by atoms with E-state index in [0.29, 0.717) is 0 Å². The van der Waals surface area contributed by atoms with Gasteiger partial charge in [-0.15, -0.1) is 0 Å². The van der Waals surface area contributed by atoms with E-state index in [0.717, 1.165) is 6.07 Å². The van der Waals surface area contributed by atoms with Crippen LogP contribution in [-0.2, 0) is 19.6 Å². The van der Waals surface area contributed by atoms with Crippen molar-refractivity contribution in [3.05, 3.63) is 29.8 Å². The highest BCUT2D eigenvalue weighted by atomic mass is 32.2. The van der Waals surface area contributed by atoms with Gasteiger partial charge in [0.25, 0.3) is 0 Å². The Morgan fingerprint density at radius 1 is 1.35 bits per heavy atom. The van der Waals surface area contributed by atoms with Gasteiger partial charge in [0.2, 0.25) is 10.0 Å². The summed E-state index contributed by atoms with van der Waals surface area (Å²) in [4.78, 5) is 21.0. The fourth-order valence-corrected chi connectivity index (χ4v) is 2.58. The zero-order chi connectivity index (χ0) is 15.3.